The Morgan fingerprint density at radius 3 is 2.23 bits per heavy atom. The number of sulfone groups is 1. The quantitative estimate of drug-likeness (QED) is 0.687. The van der Waals surface area contributed by atoms with Gasteiger partial charge in [0, 0.05) is 6.26 Å². The molecule has 0 aromatic heterocycles. The van der Waals surface area contributed by atoms with Crippen molar-refractivity contribution in [3.05, 3.63) is 28.8 Å². The van der Waals surface area contributed by atoms with E-state index in [0.717, 1.165) is 18.4 Å². The first-order valence-corrected chi connectivity index (χ1v) is 5.44. The lowest BCUT2D eigenvalue weighted by Crippen LogP contribution is -2.03. The molecule has 1 rings (SSSR count). The van der Waals surface area contributed by atoms with Crippen LogP contribution in [-0.4, -0.2) is 14.7 Å². The van der Waals surface area contributed by atoms with Crippen molar-refractivity contribution >= 4 is 21.4 Å². The highest BCUT2D eigenvalue weighted by Gasteiger charge is 2.20. The van der Waals surface area contributed by atoms with Gasteiger partial charge in [0.2, 0.25) is 0 Å². The molecule has 0 aliphatic carbocycles. The molecule has 0 fully saturated rings. The molecule has 1 aromatic carbocycles. The number of hydrogen-bond donors (Lipinski definition) is 0. The third-order valence-electron chi connectivity index (χ3n) is 1.37. The predicted molar refractivity (Wildman–Crippen MR) is 44.5 cm³/mol. The number of halogens is 3. The molecule has 1 aromatic rings. The van der Waals surface area contributed by atoms with Crippen molar-refractivity contribution in [3.8, 4) is 0 Å². The van der Waals surface area contributed by atoms with Gasteiger partial charge in [0.25, 0.3) is 0 Å². The van der Waals surface area contributed by atoms with E-state index in [1.807, 2.05) is 0 Å². The molecule has 0 heterocycles. The monoisotopic (exact) mass is 226 g/mol. The highest BCUT2D eigenvalue weighted by molar-refractivity contribution is 7.90. The highest BCUT2D eigenvalue weighted by atomic mass is 35.5. The maximum Gasteiger partial charge on any atom is 0.180 e. The van der Waals surface area contributed by atoms with Crippen LogP contribution in [0.3, 0.4) is 0 Å². The maximum absolute atomic E-state index is 12.9. The summed E-state index contributed by atoms with van der Waals surface area (Å²) in [6.45, 7) is 0. The summed E-state index contributed by atoms with van der Waals surface area (Å²) in [7, 11) is -3.83. The minimum absolute atomic E-state index is 0.318. The van der Waals surface area contributed by atoms with Crippen molar-refractivity contribution in [3.63, 3.8) is 0 Å². The topological polar surface area (TPSA) is 34.1 Å². The second-order valence-electron chi connectivity index (χ2n) is 2.44. The smallest absolute Gasteiger partial charge is 0.180 e. The van der Waals surface area contributed by atoms with E-state index < -0.39 is 26.4 Å². The molecular weight excluding hydrogens is 222 g/mol. The predicted octanol–water partition coefficient (Wildman–Crippen LogP) is 2.02. The summed E-state index contributed by atoms with van der Waals surface area (Å²) in [5, 5.41) is -0.318. The lowest BCUT2D eigenvalue weighted by atomic mass is 10.3. The zero-order chi connectivity index (χ0) is 10.2. The molecule has 0 saturated carbocycles. The van der Waals surface area contributed by atoms with Crippen LogP contribution in [-0.2, 0) is 9.84 Å². The molecule has 0 amide bonds. The zero-order valence-electron chi connectivity index (χ0n) is 6.51. The highest BCUT2D eigenvalue weighted by Crippen LogP contribution is 2.25. The van der Waals surface area contributed by atoms with Crippen LogP contribution in [0.1, 0.15) is 0 Å². The van der Waals surface area contributed by atoms with E-state index in [2.05, 4.69) is 0 Å². The molecule has 13 heavy (non-hydrogen) atoms. The molecular formula is C7H5ClF2O2S. The van der Waals surface area contributed by atoms with Crippen molar-refractivity contribution in [2.24, 2.45) is 0 Å². The summed E-state index contributed by atoms with van der Waals surface area (Å²) < 4.78 is 47.4. The molecule has 6 heteroatoms. The summed E-state index contributed by atoms with van der Waals surface area (Å²) in [6.07, 6.45) is 0.761. The minimum atomic E-state index is -3.83. The van der Waals surface area contributed by atoms with Gasteiger partial charge in [-0.15, -0.1) is 0 Å². The van der Waals surface area contributed by atoms with Gasteiger partial charge in [0.1, 0.15) is 4.90 Å². The first-order valence-electron chi connectivity index (χ1n) is 3.17. The van der Waals surface area contributed by atoms with Crippen LogP contribution < -0.4 is 0 Å². The third kappa shape index (κ3) is 1.97. The number of rotatable bonds is 1. The molecule has 0 bridgehead atoms. The molecule has 2 nitrogen and oxygen atoms in total. The number of benzene rings is 1. The summed E-state index contributed by atoms with van der Waals surface area (Å²) in [6, 6.07) is 1.77. The standard InChI is InChI=1S/C7H5ClF2O2S/c1-13(11,12)7-4(8)2-3-5(9)6(7)10/h2-3H,1H3. The average molecular weight is 227 g/mol. The molecule has 0 unspecified atom stereocenters. The molecule has 0 atom stereocenters. The van der Waals surface area contributed by atoms with E-state index in [0.29, 0.717) is 0 Å². The Morgan fingerprint density at radius 2 is 1.85 bits per heavy atom. The second kappa shape index (κ2) is 3.23. The first kappa shape index (κ1) is 10.4. The van der Waals surface area contributed by atoms with Crippen LogP contribution in [0.25, 0.3) is 0 Å². The molecule has 0 N–H and O–H groups in total. The summed E-state index contributed by atoms with van der Waals surface area (Å²) in [5.41, 5.74) is 0. The van der Waals surface area contributed by atoms with Crippen LogP contribution in [0.15, 0.2) is 17.0 Å². The van der Waals surface area contributed by atoms with Gasteiger partial charge >= 0.3 is 0 Å². The minimum Gasteiger partial charge on any atom is -0.224 e. The van der Waals surface area contributed by atoms with Crippen molar-refractivity contribution in [1.82, 2.24) is 0 Å². The fourth-order valence-corrected chi connectivity index (χ4v) is 2.26. The van der Waals surface area contributed by atoms with Crippen molar-refractivity contribution < 1.29 is 17.2 Å². The van der Waals surface area contributed by atoms with Gasteiger partial charge in [0.15, 0.2) is 21.5 Å². The Kier molecular flexibility index (Phi) is 2.58. The van der Waals surface area contributed by atoms with E-state index in [1.54, 1.807) is 0 Å². The van der Waals surface area contributed by atoms with Gasteiger partial charge in [-0.1, -0.05) is 11.6 Å². The van der Waals surface area contributed by atoms with E-state index >= 15 is 0 Å². The van der Waals surface area contributed by atoms with E-state index in [4.69, 9.17) is 11.6 Å². The van der Waals surface area contributed by atoms with Crippen LogP contribution in [0.4, 0.5) is 8.78 Å². The van der Waals surface area contributed by atoms with Gasteiger partial charge in [-0.2, -0.15) is 0 Å². The summed E-state index contributed by atoms with van der Waals surface area (Å²) in [4.78, 5) is -0.797. The lowest BCUT2D eigenvalue weighted by molar-refractivity contribution is 0.485. The van der Waals surface area contributed by atoms with Gasteiger partial charge in [-0.25, -0.2) is 17.2 Å². The Morgan fingerprint density at radius 1 is 1.31 bits per heavy atom. The molecule has 0 aliphatic rings. The molecule has 0 aliphatic heterocycles. The van der Waals surface area contributed by atoms with Gasteiger partial charge in [0.05, 0.1) is 5.02 Å². The summed E-state index contributed by atoms with van der Waals surface area (Å²) >= 11 is 5.40. The second-order valence-corrected chi connectivity index (χ2v) is 4.80. The normalized spacial score (nSPS) is 11.7. The molecule has 0 spiro atoms. The fraction of sp³-hybridized carbons (Fsp3) is 0.143. The van der Waals surface area contributed by atoms with E-state index in [-0.39, 0.29) is 5.02 Å². The Labute approximate surface area is 79.1 Å². The Balaban J connectivity index is 3.62. The lowest BCUT2D eigenvalue weighted by Gasteiger charge is -2.03. The van der Waals surface area contributed by atoms with Crippen molar-refractivity contribution in [1.29, 1.82) is 0 Å². The largest absolute Gasteiger partial charge is 0.224 e. The van der Waals surface area contributed by atoms with Crippen LogP contribution in [0, 0.1) is 11.6 Å². The Bertz CT molecular complexity index is 442. The maximum atomic E-state index is 12.9. The zero-order valence-corrected chi connectivity index (χ0v) is 8.09. The third-order valence-corrected chi connectivity index (χ3v) is 2.94. The van der Waals surface area contributed by atoms with Crippen LogP contribution >= 0.6 is 11.6 Å². The first-order chi connectivity index (χ1) is 5.84. The van der Waals surface area contributed by atoms with Gasteiger partial charge < -0.3 is 0 Å². The number of hydrogen-bond acceptors (Lipinski definition) is 2. The fourth-order valence-electron chi connectivity index (χ4n) is 0.848. The molecule has 72 valence electrons. The van der Waals surface area contributed by atoms with Crippen molar-refractivity contribution in [2.45, 2.75) is 4.90 Å². The van der Waals surface area contributed by atoms with Gasteiger partial charge in [-0.3, -0.25) is 0 Å². The van der Waals surface area contributed by atoms with Crippen molar-refractivity contribution in [2.75, 3.05) is 6.26 Å². The van der Waals surface area contributed by atoms with Crippen LogP contribution in [0.2, 0.25) is 5.02 Å². The van der Waals surface area contributed by atoms with E-state index in [9.17, 15) is 17.2 Å². The molecule has 0 radical (unpaired) electrons. The SMILES string of the molecule is CS(=O)(=O)c1c(Cl)ccc(F)c1F. The Hall–Kier alpha value is -0.680. The average Bonchev–Trinajstić information content (AvgIpc) is 1.95. The van der Waals surface area contributed by atoms with Crippen LogP contribution in [0.5, 0.6) is 0 Å². The molecule has 0 saturated heterocycles. The summed E-state index contributed by atoms with van der Waals surface area (Å²) in [5.74, 6) is -2.67. The van der Waals surface area contributed by atoms with E-state index in [1.165, 1.54) is 0 Å². The van der Waals surface area contributed by atoms with Gasteiger partial charge in [-0.05, 0) is 12.1 Å².